The summed E-state index contributed by atoms with van der Waals surface area (Å²) in [5.74, 6) is 0.352. The summed E-state index contributed by atoms with van der Waals surface area (Å²) in [5, 5.41) is 3.82. The van der Waals surface area contributed by atoms with E-state index in [0.717, 1.165) is 11.0 Å². The molecule has 2 aromatic carbocycles. The standard InChI is InChI=1S/C18H18N2O4S/c1-12(17-11-14-5-3-4-6-16(14)24-17)20-18(21)13-7-9-15(10-8-13)25(22,23)19-2/h3-12,19H,1-2H3,(H,20,21)/t12-/m0/s1. The number of sulfonamides is 1. The summed E-state index contributed by atoms with van der Waals surface area (Å²) in [5.41, 5.74) is 1.14. The molecule has 0 aliphatic heterocycles. The molecular weight excluding hydrogens is 340 g/mol. The Morgan fingerprint density at radius 3 is 2.40 bits per heavy atom. The Labute approximate surface area is 145 Å². The molecule has 3 rings (SSSR count). The normalized spacial score (nSPS) is 12.9. The highest BCUT2D eigenvalue weighted by Gasteiger charge is 2.16. The number of carbonyl (C=O) groups is 1. The lowest BCUT2D eigenvalue weighted by atomic mass is 10.1. The highest BCUT2D eigenvalue weighted by atomic mass is 32.2. The number of furan rings is 1. The summed E-state index contributed by atoms with van der Waals surface area (Å²) in [6.45, 7) is 1.83. The maximum absolute atomic E-state index is 12.4. The van der Waals surface area contributed by atoms with Gasteiger partial charge in [0.05, 0.1) is 10.9 Å². The monoisotopic (exact) mass is 358 g/mol. The van der Waals surface area contributed by atoms with Crippen LogP contribution in [-0.2, 0) is 10.0 Å². The van der Waals surface area contributed by atoms with E-state index in [0.29, 0.717) is 11.3 Å². The molecule has 1 aromatic heterocycles. The zero-order valence-electron chi connectivity index (χ0n) is 13.8. The lowest BCUT2D eigenvalue weighted by Gasteiger charge is -2.11. The van der Waals surface area contributed by atoms with Gasteiger partial charge in [0.1, 0.15) is 11.3 Å². The summed E-state index contributed by atoms with van der Waals surface area (Å²) in [6, 6.07) is 14.9. The maximum Gasteiger partial charge on any atom is 0.251 e. The van der Waals surface area contributed by atoms with Crippen LogP contribution in [0, 0.1) is 0 Å². The van der Waals surface area contributed by atoms with E-state index in [1.807, 2.05) is 37.3 Å². The van der Waals surface area contributed by atoms with Crippen LogP contribution in [-0.4, -0.2) is 21.4 Å². The summed E-state index contributed by atoms with van der Waals surface area (Å²) >= 11 is 0. The number of para-hydroxylation sites is 1. The topological polar surface area (TPSA) is 88.4 Å². The third kappa shape index (κ3) is 3.57. The van der Waals surface area contributed by atoms with Crippen LogP contribution in [0.5, 0.6) is 0 Å². The molecule has 1 amide bonds. The number of rotatable bonds is 5. The van der Waals surface area contributed by atoms with Crippen molar-refractivity contribution in [2.45, 2.75) is 17.9 Å². The second-order valence-electron chi connectivity index (χ2n) is 5.61. The quantitative estimate of drug-likeness (QED) is 0.734. The molecule has 0 radical (unpaired) electrons. The number of nitrogens with one attached hydrogen (secondary N) is 2. The zero-order valence-corrected chi connectivity index (χ0v) is 14.6. The van der Waals surface area contributed by atoms with Gasteiger partial charge in [-0.05, 0) is 50.4 Å². The fraction of sp³-hybridized carbons (Fsp3) is 0.167. The van der Waals surface area contributed by atoms with Gasteiger partial charge in [0.2, 0.25) is 10.0 Å². The summed E-state index contributed by atoms with van der Waals surface area (Å²) in [7, 11) is -2.18. The van der Waals surface area contributed by atoms with Gasteiger partial charge in [-0.2, -0.15) is 0 Å². The van der Waals surface area contributed by atoms with E-state index in [9.17, 15) is 13.2 Å². The average Bonchev–Trinajstić information content (AvgIpc) is 3.06. The predicted octanol–water partition coefficient (Wildman–Crippen LogP) is 2.83. The van der Waals surface area contributed by atoms with Gasteiger partial charge in [-0.3, -0.25) is 4.79 Å². The minimum Gasteiger partial charge on any atom is -0.459 e. The number of amides is 1. The highest BCUT2D eigenvalue weighted by Crippen LogP contribution is 2.23. The molecule has 2 N–H and O–H groups in total. The first-order chi connectivity index (χ1) is 11.9. The molecule has 3 aromatic rings. The van der Waals surface area contributed by atoms with Gasteiger partial charge in [0.15, 0.2) is 0 Å². The number of carbonyl (C=O) groups excluding carboxylic acids is 1. The largest absolute Gasteiger partial charge is 0.459 e. The van der Waals surface area contributed by atoms with Gasteiger partial charge in [-0.25, -0.2) is 13.1 Å². The maximum atomic E-state index is 12.4. The van der Waals surface area contributed by atoms with E-state index in [1.165, 1.54) is 31.3 Å². The first kappa shape index (κ1) is 17.2. The van der Waals surface area contributed by atoms with Crippen molar-refractivity contribution in [1.29, 1.82) is 0 Å². The Morgan fingerprint density at radius 2 is 1.76 bits per heavy atom. The molecule has 1 atom stereocenters. The highest BCUT2D eigenvalue weighted by molar-refractivity contribution is 7.89. The van der Waals surface area contributed by atoms with Crippen molar-refractivity contribution in [2.75, 3.05) is 7.05 Å². The second kappa shape index (κ2) is 6.70. The molecule has 0 aliphatic carbocycles. The van der Waals surface area contributed by atoms with E-state index in [2.05, 4.69) is 10.0 Å². The van der Waals surface area contributed by atoms with E-state index < -0.39 is 10.0 Å². The Kier molecular flexibility index (Phi) is 4.61. The van der Waals surface area contributed by atoms with E-state index in [1.54, 1.807) is 0 Å². The van der Waals surface area contributed by atoms with Gasteiger partial charge in [0.25, 0.3) is 5.91 Å². The van der Waals surface area contributed by atoms with Gasteiger partial charge < -0.3 is 9.73 Å². The van der Waals surface area contributed by atoms with Crippen LogP contribution in [0.2, 0.25) is 0 Å². The Bertz CT molecular complexity index is 974. The zero-order chi connectivity index (χ0) is 18.0. The molecule has 0 unspecified atom stereocenters. The van der Waals surface area contributed by atoms with Crippen LogP contribution < -0.4 is 10.0 Å². The smallest absolute Gasteiger partial charge is 0.251 e. The average molecular weight is 358 g/mol. The molecule has 0 aliphatic rings. The minimum atomic E-state index is -3.52. The lowest BCUT2D eigenvalue weighted by Crippen LogP contribution is -2.26. The van der Waals surface area contributed by atoms with Crippen LogP contribution in [0.4, 0.5) is 0 Å². The molecule has 0 spiro atoms. The third-order valence-corrected chi connectivity index (χ3v) is 5.34. The summed E-state index contributed by atoms with van der Waals surface area (Å²) in [4.78, 5) is 12.5. The summed E-state index contributed by atoms with van der Waals surface area (Å²) in [6.07, 6.45) is 0. The molecule has 25 heavy (non-hydrogen) atoms. The van der Waals surface area contributed by atoms with Crippen LogP contribution in [0.3, 0.4) is 0 Å². The van der Waals surface area contributed by atoms with Gasteiger partial charge in [0, 0.05) is 10.9 Å². The summed E-state index contributed by atoms with van der Waals surface area (Å²) < 4.78 is 31.4. The molecule has 130 valence electrons. The van der Waals surface area contributed by atoms with Crippen molar-refractivity contribution < 1.29 is 17.6 Å². The van der Waals surface area contributed by atoms with E-state index >= 15 is 0 Å². The van der Waals surface area contributed by atoms with E-state index in [4.69, 9.17) is 4.42 Å². The van der Waals surface area contributed by atoms with Crippen LogP contribution >= 0.6 is 0 Å². The van der Waals surface area contributed by atoms with Gasteiger partial charge in [-0.1, -0.05) is 18.2 Å². The van der Waals surface area contributed by atoms with Crippen LogP contribution in [0.1, 0.15) is 29.1 Å². The molecule has 0 saturated carbocycles. The molecule has 0 saturated heterocycles. The third-order valence-electron chi connectivity index (χ3n) is 3.91. The van der Waals surface area contributed by atoms with Gasteiger partial charge >= 0.3 is 0 Å². The van der Waals surface area contributed by atoms with Crippen molar-refractivity contribution in [3.8, 4) is 0 Å². The van der Waals surface area contributed by atoms with E-state index in [-0.39, 0.29) is 16.8 Å². The molecule has 0 fully saturated rings. The second-order valence-corrected chi connectivity index (χ2v) is 7.50. The Hall–Kier alpha value is -2.64. The first-order valence-electron chi connectivity index (χ1n) is 7.73. The minimum absolute atomic E-state index is 0.108. The SMILES string of the molecule is CNS(=O)(=O)c1ccc(C(=O)N[C@@H](C)c2cc3ccccc3o2)cc1. The Morgan fingerprint density at radius 1 is 1.08 bits per heavy atom. The number of hydrogen-bond acceptors (Lipinski definition) is 4. The fourth-order valence-corrected chi connectivity index (χ4v) is 3.20. The van der Waals surface area contributed by atoms with Crippen LogP contribution in [0.25, 0.3) is 11.0 Å². The predicted molar refractivity (Wildman–Crippen MR) is 94.8 cm³/mol. The molecule has 7 heteroatoms. The molecular formula is C18H18N2O4S. The number of hydrogen-bond donors (Lipinski definition) is 2. The number of fused-ring (bicyclic) bond motifs is 1. The molecule has 6 nitrogen and oxygen atoms in total. The van der Waals surface area contributed by atoms with Crippen molar-refractivity contribution in [3.63, 3.8) is 0 Å². The van der Waals surface area contributed by atoms with Crippen molar-refractivity contribution in [1.82, 2.24) is 10.0 Å². The lowest BCUT2D eigenvalue weighted by molar-refractivity contribution is 0.0935. The van der Waals surface area contributed by atoms with Crippen molar-refractivity contribution >= 4 is 26.9 Å². The van der Waals surface area contributed by atoms with Gasteiger partial charge in [-0.15, -0.1) is 0 Å². The first-order valence-corrected chi connectivity index (χ1v) is 9.22. The van der Waals surface area contributed by atoms with Crippen molar-refractivity contribution in [2.24, 2.45) is 0 Å². The molecule has 1 heterocycles. The molecule has 0 bridgehead atoms. The number of benzene rings is 2. The van der Waals surface area contributed by atoms with Crippen LogP contribution in [0.15, 0.2) is 63.9 Å². The van der Waals surface area contributed by atoms with Crippen molar-refractivity contribution in [3.05, 3.63) is 65.9 Å². The Balaban J connectivity index is 1.75. The fourth-order valence-electron chi connectivity index (χ4n) is 2.47.